The van der Waals surface area contributed by atoms with E-state index < -0.39 is 22.2 Å². The van der Waals surface area contributed by atoms with Crippen LogP contribution in [-0.2, 0) is 16.6 Å². The lowest BCUT2D eigenvalue weighted by Gasteiger charge is -2.29. The van der Waals surface area contributed by atoms with Gasteiger partial charge in [-0.3, -0.25) is 0 Å². The number of nitrogens with zero attached hydrogens (tertiary/aromatic N) is 2. The van der Waals surface area contributed by atoms with E-state index in [9.17, 15) is 18.3 Å². The number of carbonyl (C=O) groups is 1. The zero-order chi connectivity index (χ0) is 21.2. The van der Waals surface area contributed by atoms with Crippen molar-refractivity contribution >= 4 is 48.0 Å². The fourth-order valence-corrected chi connectivity index (χ4v) is 5.90. The molecule has 10 heteroatoms. The topological polar surface area (TPSA) is 87.2 Å². The molecule has 1 aliphatic heterocycles. The molecule has 0 spiro atoms. The minimum absolute atomic E-state index is 0.0419. The van der Waals surface area contributed by atoms with Gasteiger partial charge in [0.1, 0.15) is 10.6 Å². The van der Waals surface area contributed by atoms with Crippen molar-refractivity contribution in [1.29, 1.82) is 0 Å². The van der Waals surface area contributed by atoms with E-state index in [4.69, 9.17) is 4.74 Å². The summed E-state index contributed by atoms with van der Waals surface area (Å²) in [6, 6.07) is 11.7. The molecule has 1 atom stereocenters. The van der Waals surface area contributed by atoms with E-state index in [2.05, 4.69) is 31.9 Å². The normalized spacial score (nSPS) is 17.0. The number of hydrogen-bond acceptors (Lipinski definition) is 4. The van der Waals surface area contributed by atoms with Gasteiger partial charge in [-0.25, -0.2) is 13.2 Å². The Morgan fingerprint density at radius 3 is 2.45 bits per heavy atom. The molecule has 0 unspecified atom stereocenters. The van der Waals surface area contributed by atoms with Crippen LogP contribution in [0.15, 0.2) is 56.3 Å². The Kier molecular flexibility index (Phi) is 6.87. The maximum atomic E-state index is 13.6. The van der Waals surface area contributed by atoms with Crippen molar-refractivity contribution in [3.05, 3.63) is 57.0 Å². The van der Waals surface area contributed by atoms with Crippen molar-refractivity contribution in [1.82, 2.24) is 9.21 Å². The fourth-order valence-electron chi connectivity index (χ4n) is 3.31. The second-order valence-electron chi connectivity index (χ2n) is 6.64. The first kappa shape index (κ1) is 22.1. The molecule has 156 valence electrons. The Morgan fingerprint density at radius 1 is 1.21 bits per heavy atom. The van der Waals surface area contributed by atoms with Crippen molar-refractivity contribution in [3.63, 3.8) is 0 Å². The summed E-state index contributed by atoms with van der Waals surface area (Å²) < 4.78 is 35.5. The molecule has 1 saturated heterocycles. The number of benzene rings is 2. The highest BCUT2D eigenvalue weighted by Gasteiger charge is 2.38. The molecular weight excluding hydrogens is 528 g/mol. The van der Waals surface area contributed by atoms with E-state index in [-0.39, 0.29) is 23.7 Å². The van der Waals surface area contributed by atoms with Crippen LogP contribution >= 0.6 is 31.9 Å². The number of likely N-dealkylation sites (tertiary alicyclic amines) is 1. The van der Waals surface area contributed by atoms with E-state index >= 15 is 0 Å². The number of amides is 1. The smallest absolute Gasteiger partial charge is 0.407 e. The summed E-state index contributed by atoms with van der Waals surface area (Å²) in [5.74, 6) is 0.238. The first-order valence-corrected chi connectivity index (χ1v) is 11.8. The maximum Gasteiger partial charge on any atom is 0.407 e. The van der Waals surface area contributed by atoms with Gasteiger partial charge in [-0.15, -0.1) is 0 Å². The van der Waals surface area contributed by atoms with Gasteiger partial charge < -0.3 is 14.7 Å². The highest BCUT2D eigenvalue weighted by Crippen LogP contribution is 2.33. The van der Waals surface area contributed by atoms with Gasteiger partial charge in [-0.2, -0.15) is 4.31 Å². The standard InChI is InChI=1S/C19H20Br2N2O5S/c1-28-17-7-6-15(21)10-18(17)29(26,27)23(11-13-2-4-14(20)5-3-13)16-8-9-22(12-16)19(24)25/h2-7,10,16H,8-9,11-12H2,1H3,(H,24,25)/t16-/m1/s1. The van der Waals surface area contributed by atoms with Crippen molar-refractivity contribution in [2.45, 2.75) is 23.9 Å². The molecule has 0 aliphatic carbocycles. The van der Waals surface area contributed by atoms with Crippen LogP contribution in [0.3, 0.4) is 0 Å². The Bertz CT molecular complexity index is 998. The van der Waals surface area contributed by atoms with Crippen LogP contribution in [-0.4, -0.2) is 55.1 Å². The minimum Gasteiger partial charge on any atom is -0.495 e. The Hall–Kier alpha value is -1.62. The number of rotatable bonds is 6. The van der Waals surface area contributed by atoms with Crippen LogP contribution in [0.5, 0.6) is 5.75 Å². The molecule has 0 saturated carbocycles. The molecular formula is C19H20Br2N2O5S. The summed E-state index contributed by atoms with van der Waals surface area (Å²) in [6.45, 7) is 0.548. The monoisotopic (exact) mass is 546 g/mol. The molecule has 3 rings (SSSR count). The second kappa shape index (κ2) is 9.03. The second-order valence-corrected chi connectivity index (χ2v) is 10.3. The molecule has 0 aromatic heterocycles. The van der Waals surface area contributed by atoms with Crippen molar-refractivity contribution in [3.8, 4) is 5.75 Å². The Morgan fingerprint density at radius 2 is 1.86 bits per heavy atom. The molecule has 29 heavy (non-hydrogen) atoms. The number of sulfonamides is 1. The number of ether oxygens (including phenoxy) is 1. The molecule has 1 fully saturated rings. The van der Waals surface area contributed by atoms with E-state index in [1.807, 2.05) is 24.3 Å². The zero-order valence-electron chi connectivity index (χ0n) is 15.6. The van der Waals surface area contributed by atoms with Crippen LogP contribution in [0.25, 0.3) is 0 Å². The van der Waals surface area contributed by atoms with E-state index in [0.29, 0.717) is 17.4 Å². The van der Waals surface area contributed by atoms with E-state index in [1.54, 1.807) is 12.1 Å². The van der Waals surface area contributed by atoms with Crippen LogP contribution in [0.4, 0.5) is 4.79 Å². The molecule has 2 aromatic carbocycles. The fraction of sp³-hybridized carbons (Fsp3) is 0.316. The van der Waals surface area contributed by atoms with Gasteiger partial charge in [0.25, 0.3) is 0 Å². The third-order valence-corrected chi connectivity index (χ3v) is 7.75. The van der Waals surface area contributed by atoms with Gasteiger partial charge >= 0.3 is 6.09 Å². The van der Waals surface area contributed by atoms with E-state index in [0.717, 1.165) is 10.0 Å². The lowest BCUT2D eigenvalue weighted by molar-refractivity contribution is 0.152. The van der Waals surface area contributed by atoms with Crippen LogP contribution in [0.1, 0.15) is 12.0 Å². The zero-order valence-corrected chi connectivity index (χ0v) is 19.6. The van der Waals surface area contributed by atoms with Crippen LogP contribution in [0.2, 0.25) is 0 Å². The summed E-state index contributed by atoms with van der Waals surface area (Å²) in [6.07, 6.45) is -0.619. The van der Waals surface area contributed by atoms with Crippen molar-refractivity contribution in [2.24, 2.45) is 0 Å². The highest BCUT2D eigenvalue weighted by atomic mass is 79.9. The number of carboxylic acid groups (broad SMARTS) is 1. The van der Waals surface area contributed by atoms with Crippen molar-refractivity contribution in [2.75, 3.05) is 20.2 Å². The lowest BCUT2D eigenvalue weighted by Crippen LogP contribution is -2.42. The maximum absolute atomic E-state index is 13.6. The SMILES string of the molecule is COc1ccc(Br)cc1S(=O)(=O)N(Cc1ccc(Br)cc1)[C@@H]1CCN(C(=O)O)C1. The first-order valence-electron chi connectivity index (χ1n) is 8.80. The molecule has 1 amide bonds. The van der Waals surface area contributed by atoms with Gasteiger partial charge in [-0.1, -0.05) is 44.0 Å². The largest absolute Gasteiger partial charge is 0.495 e. The molecule has 0 bridgehead atoms. The first-order chi connectivity index (χ1) is 13.7. The molecule has 0 radical (unpaired) electrons. The minimum atomic E-state index is -3.96. The summed E-state index contributed by atoms with van der Waals surface area (Å²) in [4.78, 5) is 12.6. The number of methoxy groups -OCH3 is 1. The molecule has 1 N–H and O–H groups in total. The Labute approximate surface area is 186 Å². The van der Waals surface area contributed by atoms with Gasteiger partial charge in [0.2, 0.25) is 10.0 Å². The summed E-state index contributed by atoms with van der Waals surface area (Å²) in [5.41, 5.74) is 0.805. The Balaban J connectivity index is 2.03. The lowest BCUT2D eigenvalue weighted by atomic mass is 10.2. The predicted molar refractivity (Wildman–Crippen MR) is 116 cm³/mol. The van der Waals surface area contributed by atoms with Gasteiger partial charge in [-0.05, 0) is 42.3 Å². The average Bonchev–Trinajstić information content (AvgIpc) is 3.17. The number of hydrogen-bond donors (Lipinski definition) is 1. The predicted octanol–water partition coefficient (Wildman–Crippen LogP) is 4.16. The molecule has 1 aliphatic rings. The van der Waals surface area contributed by atoms with Crippen LogP contribution < -0.4 is 4.74 Å². The quantitative estimate of drug-likeness (QED) is 0.586. The molecule has 7 nitrogen and oxygen atoms in total. The molecule has 2 aromatic rings. The van der Waals surface area contributed by atoms with Crippen molar-refractivity contribution < 1.29 is 23.1 Å². The van der Waals surface area contributed by atoms with E-state index in [1.165, 1.54) is 22.4 Å². The van der Waals surface area contributed by atoms with Gasteiger partial charge in [0, 0.05) is 34.6 Å². The third-order valence-electron chi connectivity index (χ3n) is 4.81. The molecule has 1 heterocycles. The summed E-state index contributed by atoms with van der Waals surface area (Å²) >= 11 is 6.70. The summed E-state index contributed by atoms with van der Waals surface area (Å²) in [7, 11) is -2.54. The third kappa shape index (κ3) is 4.93. The van der Waals surface area contributed by atoms with Gasteiger partial charge in [0.05, 0.1) is 7.11 Å². The van der Waals surface area contributed by atoms with Gasteiger partial charge in [0.15, 0.2) is 0 Å². The summed E-state index contributed by atoms with van der Waals surface area (Å²) in [5, 5.41) is 9.30. The average molecular weight is 548 g/mol. The highest BCUT2D eigenvalue weighted by molar-refractivity contribution is 9.10. The number of halogens is 2. The van der Waals surface area contributed by atoms with Crippen LogP contribution in [0, 0.1) is 0 Å².